The molecule has 1 amide bonds. The van der Waals surface area contributed by atoms with Crippen LogP contribution in [-0.2, 0) is 4.74 Å². The third-order valence-electron chi connectivity index (χ3n) is 3.90. The molecule has 1 saturated heterocycles. The Bertz CT molecular complexity index is 772. The van der Waals surface area contributed by atoms with Crippen LogP contribution in [0.3, 0.4) is 0 Å². The van der Waals surface area contributed by atoms with Crippen molar-refractivity contribution in [3.8, 4) is 5.75 Å². The fourth-order valence-electron chi connectivity index (χ4n) is 2.65. The monoisotopic (exact) mass is 342 g/mol. The van der Waals surface area contributed by atoms with E-state index in [-0.39, 0.29) is 17.4 Å². The van der Waals surface area contributed by atoms with E-state index in [1.165, 1.54) is 18.2 Å². The van der Waals surface area contributed by atoms with Gasteiger partial charge in [0.1, 0.15) is 17.9 Å². The van der Waals surface area contributed by atoms with Crippen molar-refractivity contribution < 1.29 is 19.2 Å². The number of nitrogens with zero attached hydrogens (tertiary/aromatic N) is 1. The number of nitro groups is 1. The Morgan fingerprint density at radius 2 is 2.12 bits per heavy atom. The normalized spacial score (nSPS) is 16.4. The number of carbonyl (C=O) groups is 1. The average molecular weight is 342 g/mol. The molecule has 3 rings (SSSR count). The van der Waals surface area contributed by atoms with Gasteiger partial charge >= 0.3 is 0 Å². The maximum Gasteiger partial charge on any atom is 0.282 e. The summed E-state index contributed by atoms with van der Waals surface area (Å²) in [5.41, 5.74) is 0.289. The van der Waals surface area contributed by atoms with Crippen molar-refractivity contribution >= 4 is 17.3 Å². The van der Waals surface area contributed by atoms with Crippen LogP contribution in [0, 0.1) is 10.1 Å². The zero-order chi connectivity index (χ0) is 17.6. The van der Waals surface area contributed by atoms with Gasteiger partial charge < -0.3 is 14.8 Å². The first kappa shape index (κ1) is 16.9. The number of nitro benzene ring substituents is 1. The molecule has 1 atom stereocenters. The molecule has 2 aromatic carbocycles. The Balaban J connectivity index is 1.67. The molecule has 0 aromatic heterocycles. The van der Waals surface area contributed by atoms with E-state index >= 15 is 0 Å². The lowest BCUT2D eigenvalue weighted by molar-refractivity contribution is -0.385. The molecule has 7 heteroatoms. The Morgan fingerprint density at radius 1 is 1.28 bits per heavy atom. The topological polar surface area (TPSA) is 90.7 Å². The predicted molar refractivity (Wildman–Crippen MR) is 92.0 cm³/mol. The molecule has 1 N–H and O–H groups in total. The van der Waals surface area contributed by atoms with Gasteiger partial charge in [-0.1, -0.05) is 18.2 Å². The molecule has 0 spiro atoms. The Hall–Kier alpha value is -2.93. The van der Waals surface area contributed by atoms with Crippen LogP contribution in [-0.4, -0.2) is 30.1 Å². The van der Waals surface area contributed by atoms with E-state index < -0.39 is 10.8 Å². The molecule has 130 valence electrons. The van der Waals surface area contributed by atoms with Crippen LogP contribution < -0.4 is 10.1 Å². The van der Waals surface area contributed by atoms with Crippen molar-refractivity contribution in [3.05, 3.63) is 64.2 Å². The molecule has 0 bridgehead atoms. The van der Waals surface area contributed by atoms with Gasteiger partial charge in [-0.25, -0.2) is 0 Å². The van der Waals surface area contributed by atoms with Crippen LogP contribution in [0.15, 0.2) is 48.5 Å². The van der Waals surface area contributed by atoms with Crippen LogP contribution in [0.2, 0.25) is 0 Å². The van der Waals surface area contributed by atoms with Crippen molar-refractivity contribution in [1.29, 1.82) is 0 Å². The molecule has 1 unspecified atom stereocenters. The van der Waals surface area contributed by atoms with Crippen LogP contribution in [0.4, 0.5) is 11.4 Å². The maximum atomic E-state index is 12.3. The molecule has 0 saturated carbocycles. The van der Waals surface area contributed by atoms with Gasteiger partial charge in [0.25, 0.3) is 11.6 Å². The zero-order valence-corrected chi connectivity index (χ0v) is 13.5. The Morgan fingerprint density at radius 3 is 2.88 bits per heavy atom. The van der Waals surface area contributed by atoms with Gasteiger partial charge in [0.05, 0.1) is 11.0 Å². The van der Waals surface area contributed by atoms with E-state index in [0.29, 0.717) is 18.0 Å². The number of carbonyl (C=O) groups excluding carboxylic acids is 1. The summed E-state index contributed by atoms with van der Waals surface area (Å²) in [6.45, 7) is 1.22. The predicted octanol–water partition coefficient (Wildman–Crippen LogP) is 3.40. The molecule has 25 heavy (non-hydrogen) atoms. The molecular weight excluding hydrogens is 324 g/mol. The highest BCUT2D eigenvalue weighted by molar-refractivity contribution is 6.07. The Kier molecular flexibility index (Phi) is 5.25. The number of nitrogens with one attached hydrogen (secondary N) is 1. The summed E-state index contributed by atoms with van der Waals surface area (Å²) >= 11 is 0. The van der Waals surface area contributed by atoms with E-state index in [9.17, 15) is 14.9 Å². The number of anilines is 1. The number of ether oxygens (including phenoxy) is 2. The van der Waals surface area contributed by atoms with Crippen molar-refractivity contribution in [2.45, 2.75) is 18.9 Å². The van der Waals surface area contributed by atoms with Gasteiger partial charge in [0.15, 0.2) is 0 Å². The smallest absolute Gasteiger partial charge is 0.282 e. The maximum absolute atomic E-state index is 12.3. The van der Waals surface area contributed by atoms with Crippen LogP contribution in [0.1, 0.15) is 23.2 Å². The summed E-state index contributed by atoms with van der Waals surface area (Å²) in [6, 6.07) is 12.8. The minimum Gasteiger partial charge on any atom is -0.491 e. The number of benzene rings is 2. The molecule has 0 radical (unpaired) electrons. The fourth-order valence-corrected chi connectivity index (χ4v) is 2.65. The third-order valence-corrected chi connectivity index (χ3v) is 3.90. The minimum absolute atomic E-state index is 0.0122. The molecule has 1 heterocycles. The highest BCUT2D eigenvalue weighted by Gasteiger charge is 2.19. The van der Waals surface area contributed by atoms with E-state index in [4.69, 9.17) is 9.47 Å². The highest BCUT2D eigenvalue weighted by Crippen LogP contribution is 2.22. The SMILES string of the molecule is O=C(Nc1cccc(OCC2CCCO2)c1)c1ccccc1[N+](=O)[O-]. The quantitative estimate of drug-likeness (QED) is 0.642. The van der Waals surface area contributed by atoms with Gasteiger partial charge in [-0.15, -0.1) is 0 Å². The third kappa shape index (κ3) is 4.33. The lowest BCUT2D eigenvalue weighted by Gasteiger charge is -2.12. The number of amides is 1. The summed E-state index contributed by atoms with van der Waals surface area (Å²) in [4.78, 5) is 22.8. The molecule has 0 aliphatic carbocycles. The first-order chi connectivity index (χ1) is 12.1. The summed E-state index contributed by atoms with van der Waals surface area (Å²) in [7, 11) is 0. The second-order valence-electron chi connectivity index (χ2n) is 5.70. The van der Waals surface area contributed by atoms with Crippen molar-refractivity contribution in [2.24, 2.45) is 0 Å². The first-order valence-corrected chi connectivity index (χ1v) is 8.03. The van der Waals surface area contributed by atoms with Gasteiger partial charge in [-0.2, -0.15) is 0 Å². The van der Waals surface area contributed by atoms with Gasteiger partial charge in [0, 0.05) is 24.4 Å². The Labute approximate surface area is 144 Å². The molecule has 1 fully saturated rings. The summed E-state index contributed by atoms with van der Waals surface area (Å²) < 4.78 is 11.2. The first-order valence-electron chi connectivity index (χ1n) is 8.03. The van der Waals surface area contributed by atoms with E-state index in [2.05, 4.69) is 5.32 Å². The molecule has 1 aliphatic rings. The van der Waals surface area contributed by atoms with E-state index in [0.717, 1.165) is 19.4 Å². The zero-order valence-electron chi connectivity index (χ0n) is 13.5. The second-order valence-corrected chi connectivity index (χ2v) is 5.70. The second kappa shape index (κ2) is 7.76. The number of para-hydroxylation sites is 1. The summed E-state index contributed by atoms with van der Waals surface area (Å²) in [5, 5.41) is 13.7. The number of hydrogen-bond donors (Lipinski definition) is 1. The van der Waals surface area contributed by atoms with Gasteiger partial charge in [-0.05, 0) is 31.0 Å². The molecule has 1 aliphatic heterocycles. The van der Waals surface area contributed by atoms with E-state index in [1.54, 1.807) is 30.3 Å². The van der Waals surface area contributed by atoms with Crippen molar-refractivity contribution in [2.75, 3.05) is 18.5 Å². The average Bonchev–Trinajstić information content (AvgIpc) is 3.14. The largest absolute Gasteiger partial charge is 0.491 e. The van der Waals surface area contributed by atoms with Crippen LogP contribution in [0.5, 0.6) is 5.75 Å². The van der Waals surface area contributed by atoms with Gasteiger partial charge in [0.2, 0.25) is 0 Å². The summed E-state index contributed by atoms with van der Waals surface area (Å²) in [6.07, 6.45) is 2.12. The standard InChI is InChI=1S/C18H18N2O5/c21-18(16-8-1-2-9-17(16)20(22)23)19-13-5-3-6-14(11-13)25-12-15-7-4-10-24-15/h1-3,5-6,8-9,11,15H,4,7,10,12H2,(H,19,21). The van der Waals surface area contributed by atoms with Crippen molar-refractivity contribution in [1.82, 2.24) is 0 Å². The number of rotatable bonds is 6. The van der Waals surface area contributed by atoms with Crippen LogP contribution >= 0.6 is 0 Å². The van der Waals surface area contributed by atoms with Gasteiger partial charge in [-0.3, -0.25) is 14.9 Å². The minimum atomic E-state index is -0.573. The molecular formula is C18H18N2O5. The number of hydrogen-bond acceptors (Lipinski definition) is 5. The highest BCUT2D eigenvalue weighted by atomic mass is 16.6. The molecule has 2 aromatic rings. The summed E-state index contributed by atoms with van der Waals surface area (Å²) in [5.74, 6) is 0.0689. The fraction of sp³-hybridized carbons (Fsp3) is 0.278. The van der Waals surface area contributed by atoms with E-state index in [1.807, 2.05) is 0 Å². The van der Waals surface area contributed by atoms with Crippen LogP contribution in [0.25, 0.3) is 0 Å². The lowest BCUT2D eigenvalue weighted by Crippen LogP contribution is -2.16. The lowest BCUT2D eigenvalue weighted by atomic mass is 10.1. The molecule has 7 nitrogen and oxygen atoms in total. The van der Waals surface area contributed by atoms with Crippen molar-refractivity contribution in [3.63, 3.8) is 0 Å².